The van der Waals surface area contributed by atoms with Crippen LogP contribution in [-0.4, -0.2) is 9.97 Å². The van der Waals surface area contributed by atoms with Crippen LogP contribution in [0, 0.1) is 0 Å². The maximum absolute atomic E-state index is 6.35. The van der Waals surface area contributed by atoms with Gasteiger partial charge in [-0.15, -0.1) is 0 Å². The highest BCUT2D eigenvalue weighted by atomic mass is 35.5. The van der Waals surface area contributed by atoms with Gasteiger partial charge in [0.05, 0.1) is 0 Å². The van der Waals surface area contributed by atoms with Crippen molar-refractivity contribution in [2.24, 2.45) is 0 Å². The fourth-order valence-electron chi connectivity index (χ4n) is 2.90. The minimum atomic E-state index is 0.402. The summed E-state index contributed by atoms with van der Waals surface area (Å²) >= 11 is 18.9. The lowest BCUT2D eigenvalue weighted by molar-refractivity contribution is 0.710. The highest BCUT2D eigenvalue weighted by Gasteiger charge is 2.24. The van der Waals surface area contributed by atoms with Crippen LogP contribution in [0.15, 0.2) is 24.3 Å². The van der Waals surface area contributed by atoms with Crippen LogP contribution in [0.4, 0.5) is 0 Å². The molecule has 110 valence electrons. The molecular formula is C16H15Cl3N2. The molecule has 0 bridgehead atoms. The van der Waals surface area contributed by atoms with Crippen molar-refractivity contribution in [1.29, 1.82) is 0 Å². The summed E-state index contributed by atoms with van der Waals surface area (Å²) in [5.74, 6) is 1.01. The Bertz CT molecular complexity index is 629. The molecule has 0 N–H and O–H groups in total. The minimum Gasteiger partial charge on any atom is -0.220 e. The van der Waals surface area contributed by atoms with Gasteiger partial charge in [-0.2, -0.15) is 0 Å². The molecule has 0 unspecified atom stereocenters. The predicted molar refractivity (Wildman–Crippen MR) is 87.5 cm³/mol. The average Bonchev–Trinajstić information content (AvgIpc) is 2.94. The third kappa shape index (κ3) is 3.33. The van der Waals surface area contributed by atoms with Crippen molar-refractivity contribution in [2.75, 3.05) is 0 Å². The van der Waals surface area contributed by atoms with Crippen LogP contribution < -0.4 is 0 Å². The van der Waals surface area contributed by atoms with Crippen LogP contribution in [0.3, 0.4) is 0 Å². The number of hydrogen-bond acceptors (Lipinski definition) is 2. The van der Waals surface area contributed by atoms with Crippen molar-refractivity contribution in [3.8, 4) is 0 Å². The molecule has 1 aliphatic carbocycles. The van der Waals surface area contributed by atoms with Gasteiger partial charge >= 0.3 is 0 Å². The summed E-state index contributed by atoms with van der Waals surface area (Å²) in [7, 11) is 0. The molecule has 2 aromatic rings. The molecule has 3 rings (SSSR count). The highest BCUT2D eigenvalue weighted by molar-refractivity contribution is 6.34. The van der Waals surface area contributed by atoms with Crippen LogP contribution in [0.25, 0.3) is 0 Å². The zero-order chi connectivity index (χ0) is 14.8. The lowest BCUT2D eigenvalue weighted by Crippen LogP contribution is -2.04. The largest absolute Gasteiger partial charge is 0.220 e. The second-order valence-corrected chi connectivity index (χ2v) is 6.51. The second-order valence-electron chi connectivity index (χ2n) is 5.38. The molecule has 1 aromatic heterocycles. The van der Waals surface area contributed by atoms with Crippen LogP contribution in [0.1, 0.15) is 48.6 Å². The number of hydrogen-bond donors (Lipinski definition) is 0. The van der Waals surface area contributed by atoms with Gasteiger partial charge in [-0.1, -0.05) is 65.8 Å². The molecule has 1 fully saturated rings. The first-order chi connectivity index (χ1) is 10.1. The van der Waals surface area contributed by atoms with Crippen LogP contribution >= 0.6 is 34.8 Å². The Morgan fingerprint density at radius 1 is 0.952 bits per heavy atom. The molecule has 5 heteroatoms. The van der Waals surface area contributed by atoms with Gasteiger partial charge < -0.3 is 0 Å². The van der Waals surface area contributed by atoms with Gasteiger partial charge in [0.2, 0.25) is 0 Å². The van der Waals surface area contributed by atoms with E-state index in [4.69, 9.17) is 34.8 Å². The summed E-state index contributed by atoms with van der Waals surface area (Å²) in [6.45, 7) is 0. The van der Waals surface area contributed by atoms with Crippen molar-refractivity contribution in [3.63, 3.8) is 0 Å². The predicted octanol–water partition coefficient (Wildman–Crippen LogP) is 5.69. The molecule has 0 spiro atoms. The van der Waals surface area contributed by atoms with Crippen LogP contribution in [-0.2, 0) is 6.42 Å². The summed E-state index contributed by atoms with van der Waals surface area (Å²) in [6.07, 6.45) is 5.21. The van der Waals surface area contributed by atoms with E-state index >= 15 is 0 Å². The van der Waals surface area contributed by atoms with E-state index in [9.17, 15) is 0 Å². The SMILES string of the molecule is Clc1ccccc1Cc1nc(Cl)c(C2CCCC2)c(Cl)n1. The van der Waals surface area contributed by atoms with E-state index in [0.717, 1.165) is 24.0 Å². The van der Waals surface area contributed by atoms with Crippen LogP contribution in [0.2, 0.25) is 15.3 Å². The molecule has 0 aliphatic heterocycles. The quantitative estimate of drug-likeness (QED) is 0.671. The van der Waals surface area contributed by atoms with E-state index in [1.54, 1.807) is 0 Å². The Hall–Kier alpha value is -0.830. The van der Waals surface area contributed by atoms with E-state index in [2.05, 4.69) is 9.97 Å². The Morgan fingerprint density at radius 3 is 2.19 bits per heavy atom. The molecule has 0 atom stereocenters. The van der Waals surface area contributed by atoms with Gasteiger partial charge in [0, 0.05) is 17.0 Å². The van der Waals surface area contributed by atoms with Crippen molar-refractivity contribution in [3.05, 3.63) is 56.5 Å². The first-order valence-electron chi connectivity index (χ1n) is 7.10. The third-order valence-corrected chi connectivity index (χ3v) is 4.91. The second kappa shape index (κ2) is 6.51. The number of benzene rings is 1. The van der Waals surface area contributed by atoms with Gasteiger partial charge in [-0.3, -0.25) is 0 Å². The molecule has 1 aliphatic rings. The van der Waals surface area contributed by atoms with Crippen molar-refractivity contribution < 1.29 is 0 Å². The average molecular weight is 342 g/mol. The van der Waals surface area contributed by atoms with Gasteiger partial charge in [0.25, 0.3) is 0 Å². The molecule has 0 radical (unpaired) electrons. The summed E-state index contributed by atoms with van der Waals surface area (Å²) in [5, 5.41) is 1.68. The topological polar surface area (TPSA) is 25.8 Å². The maximum Gasteiger partial charge on any atom is 0.137 e. The van der Waals surface area contributed by atoms with E-state index in [-0.39, 0.29) is 0 Å². The van der Waals surface area contributed by atoms with Crippen molar-refractivity contribution in [1.82, 2.24) is 9.97 Å². The van der Waals surface area contributed by atoms with E-state index in [1.807, 2.05) is 24.3 Å². The fourth-order valence-corrected chi connectivity index (χ4v) is 3.83. The monoisotopic (exact) mass is 340 g/mol. The minimum absolute atomic E-state index is 0.402. The Kier molecular flexibility index (Phi) is 4.68. The Labute approximate surface area is 139 Å². The molecular weight excluding hydrogens is 327 g/mol. The number of nitrogens with zero attached hydrogens (tertiary/aromatic N) is 2. The van der Waals surface area contributed by atoms with E-state index < -0.39 is 0 Å². The van der Waals surface area contributed by atoms with E-state index in [1.165, 1.54) is 12.8 Å². The van der Waals surface area contributed by atoms with Gasteiger partial charge in [-0.05, 0) is 30.4 Å². The third-order valence-electron chi connectivity index (χ3n) is 3.97. The molecule has 0 saturated heterocycles. The lowest BCUT2D eigenvalue weighted by atomic mass is 10.0. The molecule has 1 aromatic carbocycles. The molecule has 21 heavy (non-hydrogen) atoms. The van der Waals surface area contributed by atoms with Crippen molar-refractivity contribution in [2.45, 2.75) is 38.0 Å². The summed E-state index contributed by atoms with van der Waals surface area (Å²) in [4.78, 5) is 8.85. The zero-order valence-electron chi connectivity index (χ0n) is 11.5. The van der Waals surface area contributed by atoms with Gasteiger partial charge in [0.15, 0.2) is 0 Å². The molecule has 0 amide bonds. The Morgan fingerprint density at radius 2 is 1.57 bits per heavy atom. The van der Waals surface area contributed by atoms with E-state index in [0.29, 0.717) is 33.5 Å². The molecule has 1 saturated carbocycles. The standard InChI is InChI=1S/C16H15Cl3N2/c17-12-8-4-3-7-11(12)9-13-20-15(18)14(16(19)21-13)10-5-1-2-6-10/h3-4,7-8,10H,1-2,5-6,9H2. The highest BCUT2D eigenvalue weighted by Crippen LogP contribution is 2.40. The normalized spacial score (nSPS) is 15.6. The number of aromatic nitrogens is 2. The molecule has 1 heterocycles. The summed E-state index contributed by atoms with van der Waals surface area (Å²) in [5.41, 5.74) is 1.89. The maximum atomic E-state index is 6.35. The van der Waals surface area contributed by atoms with Gasteiger partial charge in [-0.25, -0.2) is 9.97 Å². The Balaban J connectivity index is 1.89. The smallest absolute Gasteiger partial charge is 0.137 e. The number of halogens is 3. The van der Waals surface area contributed by atoms with Crippen molar-refractivity contribution >= 4 is 34.8 Å². The lowest BCUT2D eigenvalue weighted by Gasteiger charge is -2.14. The summed E-state index contributed by atoms with van der Waals surface area (Å²) in [6, 6.07) is 7.65. The van der Waals surface area contributed by atoms with Crippen LogP contribution in [0.5, 0.6) is 0 Å². The summed E-state index contributed by atoms with van der Waals surface area (Å²) < 4.78 is 0. The molecule has 2 nitrogen and oxygen atoms in total. The fraction of sp³-hybridized carbons (Fsp3) is 0.375. The first-order valence-corrected chi connectivity index (χ1v) is 8.23. The number of rotatable bonds is 3. The first kappa shape index (κ1) is 15.1. The van der Waals surface area contributed by atoms with Gasteiger partial charge in [0.1, 0.15) is 16.1 Å². The zero-order valence-corrected chi connectivity index (χ0v) is 13.7.